The maximum Gasteiger partial charge on any atom is 0.226 e. The Morgan fingerprint density at radius 2 is 1.58 bits per heavy atom. The number of rotatable bonds is 7. The molecule has 2 aromatic rings. The molecular weight excluding hydrogens is 324 g/mol. The average molecular weight is 344 g/mol. The predicted octanol–water partition coefficient (Wildman–Crippen LogP) is 3.94. The van der Waals surface area contributed by atoms with Gasteiger partial charge in [0.15, 0.2) is 5.78 Å². The van der Waals surface area contributed by atoms with Gasteiger partial charge in [-0.2, -0.15) is 0 Å². The Hall–Kier alpha value is -2.47. The van der Waals surface area contributed by atoms with Gasteiger partial charge in [0.1, 0.15) is 0 Å². The van der Waals surface area contributed by atoms with Crippen molar-refractivity contribution in [1.82, 2.24) is 0 Å². The number of carbonyl (C=O) groups excluding carboxylic acids is 3. The number of Topliss-reactive ketones (excluding diaryl/α,β-unsaturated/α-hetero) is 1. The maximum atomic E-state index is 11.9. The number of carbonyl (C=O) groups is 3. The summed E-state index contributed by atoms with van der Waals surface area (Å²) in [6.45, 7) is 3.64. The van der Waals surface area contributed by atoms with Gasteiger partial charge in [-0.25, -0.2) is 0 Å². The van der Waals surface area contributed by atoms with Crippen LogP contribution in [0.5, 0.6) is 0 Å². The van der Waals surface area contributed by atoms with E-state index in [0.717, 1.165) is 0 Å². The molecule has 0 saturated heterocycles. The summed E-state index contributed by atoms with van der Waals surface area (Å²) in [6, 6.07) is 10.5. The van der Waals surface area contributed by atoms with Crippen molar-refractivity contribution in [3.05, 3.63) is 46.7 Å². The van der Waals surface area contributed by atoms with Crippen molar-refractivity contribution in [3.8, 4) is 0 Å². The largest absolute Gasteiger partial charge is 0.326 e. The van der Waals surface area contributed by atoms with E-state index < -0.39 is 0 Å². The second-order valence-electron chi connectivity index (χ2n) is 5.67. The summed E-state index contributed by atoms with van der Waals surface area (Å²) in [7, 11) is 0. The molecule has 24 heavy (non-hydrogen) atoms. The molecule has 0 radical (unpaired) electrons. The molecular formula is C18H20N2O3S. The zero-order chi connectivity index (χ0) is 17.5. The second-order valence-corrected chi connectivity index (χ2v) is 6.62. The van der Waals surface area contributed by atoms with E-state index in [1.165, 1.54) is 11.3 Å². The predicted molar refractivity (Wildman–Crippen MR) is 96.4 cm³/mol. The van der Waals surface area contributed by atoms with Gasteiger partial charge in [-0.15, -0.1) is 11.3 Å². The molecule has 0 atom stereocenters. The van der Waals surface area contributed by atoms with Crippen molar-refractivity contribution in [2.75, 3.05) is 10.6 Å². The summed E-state index contributed by atoms with van der Waals surface area (Å²) >= 11 is 1.38. The Morgan fingerprint density at radius 3 is 2.12 bits per heavy atom. The molecule has 1 aromatic carbocycles. The van der Waals surface area contributed by atoms with Gasteiger partial charge in [0.25, 0.3) is 0 Å². The first-order valence-electron chi connectivity index (χ1n) is 7.73. The number of hydrogen-bond donors (Lipinski definition) is 2. The number of ketones is 1. The number of nitrogens with one attached hydrogen (secondary N) is 2. The third-order valence-corrected chi connectivity index (χ3v) is 4.25. The van der Waals surface area contributed by atoms with Gasteiger partial charge in [-0.3, -0.25) is 14.4 Å². The quantitative estimate of drug-likeness (QED) is 0.747. The minimum absolute atomic E-state index is 0.0214. The minimum atomic E-state index is -0.209. The van der Waals surface area contributed by atoms with Crippen molar-refractivity contribution in [1.29, 1.82) is 0 Å². The Labute approximate surface area is 145 Å². The lowest BCUT2D eigenvalue weighted by Crippen LogP contribution is -2.17. The van der Waals surface area contributed by atoms with Crippen LogP contribution in [0.2, 0.25) is 0 Å². The SMILES string of the molecule is CC(C)C(=O)Nc1ccc(NC(=O)CCC(=O)c2cccs2)cc1. The summed E-state index contributed by atoms with van der Waals surface area (Å²) in [6.07, 6.45) is 0.331. The molecule has 5 nitrogen and oxygen atoms in total. The van der Waals surface area contributed by atoms with Crippen LogP contribution < -0.4 is 10.6 Å². The van der Waals surface area contributed by atoms with Crippen LogP contribution in [-0.2, 0) is 9.59 Å². The van der Waals surface area contributed by atoms with E-state index in [4.69, 9.17) is 0 Å². The lowest BCUT2D eigenvalue weighted by Gasteiger charge is -2.09. The summed E-state index contributed by atoms with van der Waals surface area (Å²) in [5, 5.41) is 7.37. The number of thiophene rings is 1. The number of benzene rings is 1. The number of hydrogen-bond acceptors (Lipinski definition) is 4. The number of anilines is 2. The van der Waals surface area contributed by atoms with Gasteiger partial charge >= 0.3 is 0 Å². The molecule has 0 aliphatic heterocycles. The monoisotopic (exact) mass is 344 g/mol. The van der Waals surface area contributed by atoms with Gasteiger partial charge in [-0.05, 0) is 35.7 Å². The highest BCUT2D eigenvalue weighted by molar-refractivity contribution is 7.12. The van der Waals surface area contributed by atoms with Crippen LogP contribution in [0.1, 0.15) is 36.4 Å². The van der Waals surface area contributed by atoms with E-state index in [2.05, 4.69) is 10.6 Å². The zero-order valence-electron chi connectivity index (χ0n) is 13.7. The lowest BCUT2D eigenvalue weighted by molar-refractivity contribution is -0.119. The van der Waals surface area contributed by atoms with E-state index in [9.17, 15) is 14.4 Å². The topological polar surface area (TPSA) is 75.3 Å². The Morgan fingerprint density at radius 1 is 0.958 bits per heavy atom. The van der Waals surface area contributed by atoms with Crippen LogP contribution in [0.3, 0.4) is 0 Å². The van der Waals surface area contributed by atoms with Crippen LogP contribution in [0.15, 0.2) is 41.8 Å². The summed E-state index contributed by atoms with van der Waals surface area (Å²) in [5.41, 5.74) is 1.31. The molecule has 2 amide bonds. The van der Waals surface area contributed by atoms with Gasteiger partial charge in [0, 0.05) is 30.1 Å². The van der Waals surface area contributed by atoms with E-state index in [-0.39, 0.29) is 36.4 Å². The first kappa shape index (κ1) is 17.9. The van der Waals surface area contributed by atoms with Gasteiger partial charge in [-0.1, -0.05) is 19.9 Å². The van der Waals surface area contributed by atoms with Crippen molar-refractivity contribution >= 4 is 40.3 Å². The molecule has 0 unspecified atom stereocenters. The van der Waals surface area contributed by atoms with Crippen LogP contribution >= 0.6 is 11.3 Å². The third-order valence-electron chi connectivity index (χ3n) is 3.34. The Balaban J connectivity index is 1.81. The van der Waals surface area contributed by atoms with Crippen LogP contribution in [-0.4, -0.2) is 17.6 Å². The van der Waals surface area contributed by atoms with E-state index in [0.29, 0.717) is 16.3 Å². The van der Waals surface area contributed by atoms with Crippen molar-refractivity contribution in [3.63, 3.8) is 0 Å². The Kier molecular flexibility index (Phi) is 6.26. The van der Waals surface area contributed by atoms with Crippen LogP contribution in [0.25, 0.3) is 0 Å². The summed E-state index contributed by atoms with van der Waals surface area (Å²) in [5.74, 6) is -0.380. The molecule has 0 bridgehead atoms. The molecule has 2 N–H and O–H groups in total. The third kappa shape index (κ3) is 5.31. The Bertz CT molecular complexity index is 706. The smallest absolute Gasteiger partial charge is 0.226 e. The fourth-order valence-corrected chi connectivity index (χ4v) is 2.63. The molecule has 1 aromatic heterocycles. The first-order chi connectivity index (χ1) is 11.5. The zero-order valence-corrected chi connectivity index (χ0v) is 14.5. The molecule has 6 heteroatoms. The molecule has 126 valence electrons. The van der Waals surface area contributed by atoms with Gasteiger partial charge < -0.3 is 10.6 Å². The molecule has 0 saturated carbocycles. The van der Waals surface area contributed by atoms with E-state index in [1.807, 2.05) is 25.3 Å². The molecule has 2 rings (SSSR count). The highest BCUT2D eigenvalue weighted by Crippen LogP contribution is 2.16. The molecule has 1 heterocycles. The van der Waals surface area contributed by atoms with E-state index >= 15 is 0 Å². The molecule has 0 aliphatic carbocycles. The summed E-state index contributed by atoms with van der Waals surface area (Å²) < 4.78 is 0. The standard InChI is InChI=1S/C18H20N2O3S/c1-12(2)18(23)20-14-7-5-13(6-8-14)19-17(22)10-9-15(21)16-4-3-11-24-16/h3-8,11-12H,9-10H2,1-2H3,(H,19,22)(H,20,23). The fourth-order valence-electron chi connectivity index (χ4n) is 1.93. The summed E-state index contributed by atoms with van der Waals surface area (Å²) in [4.78, 5) is 36.0. The van der Waals surface area contributed by atoms with Crippen LogP contribution in [0.4, 0.5) is 11.4 Å². The van der Waals surface area contributed by atoms with Crippen molar-refractivity contribution in [2.45, 2.75) is 26.7 Å². The maximum absolute atomic E-state index is 11.9. The molecule has 0 aliphatic rings. The fraction of sp³-hybridized carbons (Fsp3) is 0.278. The highest BCUT2D eigenvalue weighted by Gasteiger charge is 2.11. The molecule has 0 spiro atoms. The lowest BCUT2D eigenvalue weighted by atomic mass is 10.2. The minimum Gasteiger partial charge on any atom is -0.326 e. The van der Waals surface area contributed by atoms with Crippen molar-refractivity contribution < 1.29 is 14.4 Å². The highest BCUT2D eigenvalue weighted by atomic mass is 32.1. The number of amides is 2. The van der Waals surface area contributed by atoms with E-state index in [1.54, 1.807) is 30.3 Å². The molecule has 0 fully saturated rings. The first-order valence-corrected chi connectivity index (χ1v) is 8.61. The second kappa shape index (κ2) is 8.40. The van der Waals surface area contributed by atoms with Gasteiger partial charge in [0.05, 0.1) is 4.88 Å². The van der Waals surface area contributed by atoms with Crippen LogP contribution in [0, 0.1) is 5.92 Å². The normalized spacial score (nSPS) is 10.5. The average Bonchev–Trinajstić information content (AvgIpc) is 3.09. The van der Waals surface area contributed by atoms with Gasteiger partial charge in [0.2, 0.25) is 11.8 Å². The van der Waals surface area contributed by atoms with Crippen molar-refractivity contribution in [2.24, 2.45) is 5.92 Å².